The van der Waals surface area contributed by atoms with Crippen molar-refractivity contribution in [2.45, 2.75) is 47.5 Å². The van der Waals surface area contributed by atoms with Crippen molar-refractivity contribution >= 4 is 6.03 Å². The number of carbonyl (C=O) groups is 1. The van der Waals surface area contributed by atoms with E-state index in [0.717, 1.165) is 31.7 Å². The van der Waals surface area contributed by atoms with Crippen LogP contribution < -0.4 is 10.1 Å². The van der Waals surface area contributed by atoms with E-state index in [0.29, 0.717) is 11.8 Å². The Morgan fingerprint density at radius 1 is 1.09 bits per heavy atom. The molecule has 0 saturated heterocycles. The Labute approximate surface area is 141 Å². The van der Waals surface area contributed by atoms with Gasteiger partial charge in [0.2, 0.25) is 0 Å². The van der Waals surface area contributed by atoms with E-state index in [2.05, 4.69) is 52.1 Å². The number of aryl methyl sites for hydroxylation is 1. The number of urea groups is 1. The summed E-state index contributed by atoms with van der Waals surface area (Å²) in [5.41, 5.74) is 1.31. The molecular weight excluding hydrogens is 288 g/mol. The van der Waals surface area contributed by atoms with Crippen molar-refractivity contribution in [2.75, 3.05) is 19.8 Å². The van der Waals surface area contributed by atoms with Gasteiger partial charge in [0.05, 0.1) is 0 Å². The molecule has 1 aromatic rings. The Balaban J connectivity index is 2.43. The number of nitrogens with one attached hydrogen (secondary N) is 1. The summed E-state index contributed by atoms with van der Waals surface area (Å²) >= 11 is 0. The normalized spacial score (nSPS) is 10.9. The lowest BCUT2D eigenvalue weighted by Crippen LogP contribution is -2.44. The van der Waals surface area contributed by atoms with Crippen LogP contribution in [0.5, 0.6) is 5.75 Å². The molecule has 0 radical (unpaired) electrons. The molecule has 0 aliphatic heterocycles. The smallest absolute Gasteiger partial charge is 0.320 e. The molecule has 0 atom stereocenters. The Morgan fingerprint density at radius 2 is 1.65 bits per heavy atom. The number of hydrogen-bond acceptors (Lipinski definition) is 2. The van der Waals surface area contributed by atoms with Gasteiger partial charge < -0.3 is 15.0 Å². The zero-order valence-corrected chi connectivity index (χ0v) is 15.3. The summed E-state index contributed by atoms with van der Waals surface area (Å²) < 4.78 is 5.61. The molecule has 0 spiro atoms. The zero-order chi connectivity index (χ0) is 17.2. The van der Waals surface area contributed by atoms with E-state index in [-0.39, 0.29) is 12.8 Å². The molecule has 0 unspecified atom stereocenters. The number of benzene rings is 1. The monoisotopic (exact) mass is 320 g/mol. The Bertz CT molecular complexity index is 445. The average molecular weight is 320 g/mol. The minimum absolute atomic E-state index is 0.0602. The third-order valence-corrected chi connectivity index (χ3v) is 3.38. The van der Waals surface area contributed by atoms with E-state index in [1.165, 1.54) is 5.56 Å². The second-order valence-corrected chi connectivity index (χ2v) is 6.86. The predicted molar refractivity (Wildman–Crippen MR) is 95.7 cm³/mol. The molecule has 4 nitrogen and oxygen atoms in total. The Hall–Kier alpha value is -1.71. The fraction of sp³-hybridized carbons (Fsp3) is 0.632. The zero-order valence-electron chi connectivity index (χ0n) is 15.3. The lowest BCUT2D eigenvalue weighted by molar-refractivity contribution is 0.171. The highest BCUT2D eigenvalue weighted by molar-refractivity contribution is 5.74. The lowest BCUT2D eigenvalue weighted by Gasteiger charge is -2.26. The van der Waals surface area contributed by atoms with E-state index in [1.54, 1.807) is 0 Å². The van der Waals surface area contributed by atoms with Crippen LogP contribution >= 0.6 is 0 Å². The van der Waals surface area contributed by atoms with Gasteiger partial charge in [-0.05, 0) is 36.0 Å². The summed E-state index contributed by atoms with van der Waals surface area (Å²) in [5, 5.41) is 2.85. The van der Waals surface area contributed by atoms with Gasteiger partial charge in [-0.3, -0.25) is 0 Å². The third kappa shape index (κ3) is 7.91. The summed E-state index contributed by atoms with van der Waals surface area (Å²) in [6, 6.07) is 8.00. The summed E-state index contributed by atoms with van der Waals surface area (Å²) in [6.07, 6.45) is 2.22. The third-order valence-electron chi connectivity index (χ3n) is 3.38. The number of amides is 2. The van der Waals surface area contributed by atoms with Crippen molar-refractivity contribution in [3.63, 3.8) is 0 Å². The average Bonchev–Trinajstić information content (AvgIpc) is 2.47. The first-order chi connectivity index (χ1) is 10.9. The number of hydrogen-bond donors (Lipinski definition) is 1. The maximum Gasteiger partial charge on any atom is 0.320 e. The first kappa shape index (κ1) is 19.3. The number of carbonyl (C=O) groups excluding carboxylic acids is 1. The van der Waals surface area contributed by atoms with Gasteiger partial charge >= 0.3 is 6.03 Å². The maximum absolute atomic E-state index is 12.3. The van der Waals surface area contributed by atoms with Crippen LogP contribution in [-0.4, -0.2) is 30.8 Å². The molecule has 0 aliphatic carbocycles. The summed E-state index contributed by atoms with van der Waals surface area (Å²) in [6.45, 7) is 12.4. The SMILES string of the molecule is CCCc1ccc(OCNC(=O)N(CC(C)C)CC(C)C)cc1. The molecule has 0 aromatic heterocycles. The van der Waals surface area contributed by atoms with E-state index in [1.807, 2.05) is 17.0 Å². The molecule has 0 heterocycles. The first-order valence-corrected chi connectivity index (χ1v) is 8.66. The van der Waals surface area contributed by atoms with Gasteiger partial charge in [0.1, 0.15) is 5.75 Å². The van der Waals surface area contributed by atoms with Crippen LogP contribution in [0.4, 0.5) is 4.79 Å². The van der Waals surface area contributed by atoms with Crippen molar-refractivity contribution in [1.29, 1.82) is 0 Å². The maximum atomic E-state index is 12.3. The second-order valence-electron chi connectivity index (χ2n) is 6.86. The largest absolute Gasteiger partial charge is 0.473 e. The van der Waals surface area contributed by atoms with Gasteiger partial charge in [0.25, 0.3) is 0 Å². The Kier molecular flexibility index (Phi) is 8.52. The molecule has 0 saturated carbocycles. The minimum Gasteiger partial charge on any atom is -0.473 e. The van der Waals surface area contributed by atoms with Gasteiger partial charge in [-0.15, -0.1) is 0 Å². The second kappa shape index (κ2) is 10.1. The van der Waals surface area contributed by atoms with Crippen molar-refractivity contribution in [3.8, 4) is 5.75 Å². The molecule has 1 aromatic carbocycles. The van der Waals surface area contributed by atoms with E-state index in [9.17, 15) is 4.79 Å². The van der Waals surface area contributed by atoms with Crippen LogP contribution in [0.1, 0.15) is 46.6 Å². The van der Waals surface area contributed by atoms with Gasteiger partial charge in [-0.2, -0.15) is 0 Å². The Morgan fingerprint density at radius 3 is 2.13 bits per heavy atom. The van der Waals surface area contributed by atoms with Gasteiger partial charge in [0, 0.05) is 13.1 Å². The molecule has 130 valence electrons. The van der Waals surface area contributed by atoms with Crippen molar-refractivity contribution in [1.82, 2.24) is 10.2 Å². The molecule has 2 amide bonds. The van der Waals surface area contributed by atoms with E-state index < -0.39 is 0 Å². The molecular formula is C19H32N2O2. The summed E-state index contributed by atoms with van der Waals surface area (Å²) in [5.74, 6) is 1.68. The fourth-order valence-corrected chi connectivity index (χ4v) is 2.46. The van der Waals surface area contributed by atoms with Crippen molar-refractivity contribution in [2.24, 2.45) is 11.8 Å². The van der Waals surface area contributed by atoms with Gasteiger partial charge in [-0.1, -0.05) is 53.2 Å². The van der Waals surface area contributed by atoms with Crippen LogP contribution in [-0.2, 0) is 6.42 Å². The highest BCUT2D eigenvalue weighted by Crippen LogP contribution is 2.13. The molecule has 23 heavy (non-hydrogen) atoms. The molecule has 1 rings (SSSR count). The lowest BCUT2D eigenvalue weighted by atomic mass is 10.1. The molecule has 0 aliphatic rings. The quantitative estimate of drug-likeness (QED) is 0.689. The van der Waals surface area contributed by atoms with Crippen LogP contribution in [0.3, 0.4) is 0 Å². The minimum atomic E-state index is -0.0602. The first-order valence-electron chi connectivity index (χ1n) is 8.66. The van der Waals surface area contributed by atoms with Crippen LogP contribution in [0.15, 0.2) is 24.3 Å². The predicted octanol–water partition coefficient (Wildman–Crippen LogP) is 4.30. The van der Waals surface area contributed by atoms with E-state index >= 15 is 0 Å². The van der Waals surface area contributed by atoms with Gasteiger partial charge in [0.15, 0.2) is 6.73 Å². The van der Waals surface area contributed by atoms with Crippen LogP contribution in [0.2, 0.25) is 0 Å². The number of rotatable bonds is 9. The van der Waals surface area contributed by atoms with E-state index in [4.69, 9.17) is 4.74 Å². The summed E-state index contributed by atoms with van der Waals surface area (Å²) in [7, 11) is 0. The molecule has 1 N–H and O–H groups in total. The molecule has 0 bridgehead atoms. The highest BCUT2D eigenvalue weighted by atomic mass is 16.5. The number of ether oxygens (including phenoxy) is 1. The van der Waals surface area contributed by atoms with Crippen molar-refractivity contribution in [3.05, 3.63) is 29.8 Å². The van der Waals surface area contributed by atoms with Crippen LogP contribution in [0.25, 0.3) is 0 Å². The molecule has 0 fully saturated rings. The van der Waals surface area contributed by atoms with Crippen LogP contribution in [0, 0.1) is 11.8 Å². The summed E-state index contributed by atoms with van der Waals surface area (Å²) in [4.78, 5) is 14.1. The van der Waals surface area contributed by atoms with Gasteiger partial charge in [-0.25, -0.2) is 4.79 Å². The number of nitrogens with zero attached hydrogens (tertiary/aromatic N) is 1. The highest BCUT2D eigenvalue weighted by Gasteiger charge is 2.15. The standard InChI is InChI=1S/C19H32N2O2/c1-6-7-17-8-10-18(11-9-17)23-14-20-19(22)21(12-15(2)3)13-16(4)5/h8-11,15-16H,6-7,12-14H2,1-5H3,(H,20,22). The molecule has 4 heteroatoms. The fourth-order valence-electron chi connectivity index (χ4n) is 2.46. The topological polar surface area (TPSA) is 41.6 Å². The van der Waals surface area contributed by atoms with Crippen molar-refractivity contribution < 1.29 is 9.53 Å².